The fourth-order valence-electron chi connectivity index (χ4n) is 3.30. The number of amides is 1. The number of esters is 1. The number of nitrogens with one attached hydrogen (secondary N) is 1. The molecule has 0 aliphatic heterocycles. The van der Waals surface area contributed by atoms with E-state index in [0.29, 0.717) is 18.6 Å². The Morgan fingerprint density at radius 1 is 1.06 bits per heavy atom. The predicted octanol–water partition coefficient (Wildman–Crippen LogP) is 6.17. The van der Waals surface area contributed by atoms with Crippen LogP contribution in [-0.4, -0.2) is 40.0 Å². The number of rotatable bonds is 9. The van der Waals surface area contributed by atoms with E-state index in [0.717, 1.165) is 22.3 Å². The summed E-state index contributed by atoms with van der Waals surface area (Å²) in [5.74, 6) is 0.249. The van der Waals surface area contributed by atoms with Gasteiger partial charge in [0, 0.05) is 22.9 Å². The van der Waals surface area contributed by atoms with Crippen LogP contribution >= 0.6 is 0 Å². The molecule has 182 valence electrons. The molecule has 1 atom stereocenters. The van der Waals surface area contributed by atoms with Gasteiger partial charge in [-0.25, -0.2) is 0 Å². The summed E-state index contributed by atoms with van der Waals surface area (Å²) >= 11 is 0. The molecule has 3 aromatic rings. The third kappa shape index (κ3) is 6.36. The molecule has 3 rings (SSSR count). The fourth-order valence-corrected chi connectivity index (χ4v) is 4.35. The maximum absolute atomic E-state index is 13.0. The quantitative estimate of drug-likeness (QED) is 0.292. The zero-order valence-corrected chi connectivity index (χ0v) is 21.9. The second-order valence-corrected chi connectivity index (χ2v) is 14.9. The molecule has 34 heavy (non-hydrogen) atoms. The van der Waals surface area contributed by atoms with Crippen LogP contribution in [0.15, 0.2) is 59.0 Å². The molecule has 0 saturated heterocycles. The highest BCUT2D eigenvalue weighted by Gasteiger charge is 2.37. The molecule has 1 aromatic heterocycles. The molecule has 0 spiro atoms. The van der Waals surface area contributed by atoms with Gasteiger partial charge >= 0.3 is 5.97 Å². The summed E-state index contributed by atoms with van der Waals surface area (Å²) in [4.78, 5) is 24.7. The molecule has 1 N–H and O–H groups in total. The van der Waals surface area contributed by atoms with Crippen LogP contribution in [0.25, 0.3) is 22.3 Å². The molecule has 1 amide bonds. The van der Waals surface area contributed by atoms with Gasteiger partial charge in [-0.2, -0.15) is 0 Å². The molecular formula is C27H35NO5Si. The topological polar surface area (TPSA) is 77.8 Å². The number of methoxy groups -OCH3 is 1. The maximum atomic E-state index is 13.0. The van der Waals surface area contributed by atoms with Gasteiger partial charge in [-0.1, -0.05) is 51.1 Å². The van der Waals surface area contributed by atoms with Gasteiger partial charge < -0.3 is 18.9 Å². The molecule has 0 bridgehead atoms. The first-order valence-corrected chi connectivity index (χ1v) is 14.5. The standard InChI is InChI=1S/C27H35NO5Si/c1-27(2,3)34(5,6)32-18-22(15-16-25(29)31-4)28-26(30)20-13-11-19(12-14-20)24-17-21-9-7-8-10-23(21)33-24/h7-14,17,22H,15-16,18H2,1-6H3,(H,28,30). The lowest BCUT2D eigenvalue weighted by atomic mass is 10.1. The summed E-state index contributed by atoms with van der Waals surface area (Å²) in [6, 6.07) is 16.9. The van der Waals surface area contributed by atoms with Gasteiger partial charge in [-0.3, -0.25) is 9.59 Å². The minimum atomic E-state index is -2.00. The third-order valence-corrected chi connectivity index (χ3v) is 11.1. The number of carbonyl (C=O) groups excluding carboxylic acids is 2. The number of fused-ring (bicyclic) bond motifs is 1. The minimum Gasteiger partial charge on any atom is -0.469 e. The average molecular weight is 482 g/mol. The molecule has 7 heteroatoms. The monoisotopic (exact) mass is 481 g/mol. The zero-order chi connectivity index (χ0) is 24.9. The Kier molecular flexibility index (Phi) is 7.99. The van der Waals surface area contributed by atoms with Crippen molar-refractivity contribution in [2.45, 2.75) is 57.8 Å². The number of ether oxygens (including phenoxy) is 1. The molecule has 0 saturated carbocycles. The van der Waals surface area contributed by atoms with Crippen LogP contribution in [0.4, 0.5) is 0 Å². The van der Waals surface area contributed by atoms with Crippen molar-refractivity contribution < 1.29 is 23.2 Å². The lowest BCUT2D eigenvalue weighted by Crippen LogP contribution is -2.46. The molecule has 0 aliphatic rings. The van der Waals surface area contributed by atoms with Crippen molar-refractivity contribution in [1.82, 2.24) is 5.32 Å². The van der Waals surface area contributed by atoms with Crippen molar-refractivity contribution in [2.24, 2.45) is 0 Å². The number of hydrogen-bond acceptors (Lipinski definition) is 5. The summed E-state index contributed by atoms with van der Waals surface area (Å²) in [6.07, 6.45) is 0.664. The number of carbonyl (C=O) groups is 2. The second kappa shape index (κ2) is 10.6. The van der Waals surface area contributed by atoms with Crippen LogP contribution < -0.4 is 5.32 Å². The second-order valence-electron chi connectivity index (χ2n) is 10.1. The summed E-state index contributed by atoms with van der Waals surface area (Å²) in [7, 11) is -0.633. The van der Waals surface area contributed by atoms with Gasteiger partial charge in [0.05, 0.1) is 19.8 Å². The Hall–Kier alpha value is -2.90. The molecule has 0 fully saturated rings. The minimum absolute atomic E-state index is 0.0520. The molecular weight excluding hydrogens is 446 g/mol. The van der Waals surface area contributed by atoms with Crippen LogP contribution in [0.2, 0.25) is 18.1 Å². The normalized spacial score (nSPS) is 13.0. The van der Waals surface area contributed by atoms with Crippen molar-refractivity contribution in [1.29, 1.82) is 0 Å². The van der Waals surface area contributed by atoms with E-state index in [2.05, 4.69) is 39.2 Å². The van der Waals surface area contributed by atoms with Crippen LogP contribution in [0.3, 0.4) is 0 Å². The van der Waals surface area contributed by atoms with Crippen molar-refractivity contribution in [2.75, 3.05) is 13.7 Å². The van der Waals surface area contributed by atoms with Crippen molar-refractivity contribution in [3.8, 4) is 11.3 Å². The van der Waals surface area contributed by atoms with Gasteiger partial charge in [0.15, 0.2) is 8.32 Å². The first kappa shape index (κ1) is 25.7. The van der Waals surface area contributed by atoms with Gasteiger partial charge in [0.2, 0.25) is 0 Å². The van der Waals surface area contributed by atoms with E-state index in [-0.39, 0.29) is 29.4 Å². The number of benzene rings is 2. The zero-order valence-electron chi connectivity index (χ0n) is 20.9. The Labute approximate surface area is 202 Å². The van der Waals surface area contributed by atoms with Crippen molar-refractivity contribution in [3.05, 3.63) is 60.2 Å². The van der Waals surface area contributed by atoms with Gasteiger partial charge in [0.25, 0.3) is 5.91 Å². The van der Waals surface area contributed by atoms with E-state index >= 15 is 0 Å². The highest BCUT2D eigenvalue weighted by molar-refractivity contribution is 6.74. The number of hydrogen-bond donors (Lipinski definition) is 1. The SMILES string of the molecule is COC(=O)CCC(CO[Si](C)(C)C(C)(C)C)NC(=O)c1ccc(-c2cc3ccccc3o2)cc1. The smallest absolute Gasteiger partial charge is 0.305 e. The third-order valence-electron chi connectivity index (χ3n) is 6.57. The molecule has 6 nitrogen and oxygen atoms in total. The summed E-state index contributed by atoms with van der Waals surface area (Å²) in [5, 5.41) is 4.13. The van der Waals surface area contributed by atoms with Gasteiger partial charge in [-0.05, 0) is 48.8 Å². The molecule has 1 heterocycles. The highest BCUT2D eigenvalue weighted by Crippen LogP contribution is 2.36. The van der Waals surface area contributed by atoms with E-state index in [1.54, 1.807) is 12.1 Å². The molecule has 2 aromatic carbocycles. The maximum Gasteiger partial charge on any atom is 0.305 e. The highest BCUT2D eigenvalue weighted by atomic mass is 28.4. The van der Waals surface area contributed by atoms with Crippen LogP contribution in [0.5, 0.6) is 0 Å². The lowest BCUT2D eigenvalue weighted by Gasteiger charge is -2.37. The summed E-state index contributed by atoms with van der Waals surface area (Å²) in [6.45, 7) is 11.2. The lowest BCUT2D eigenvalue weighted by molar-refractivity contribution is -0.140. The number of para-hydroxylation sites is 1. The van der Waals surface area contributed by atoms with E-state index in [4.69, 9.17) is 13.6 Å². The first-order chi connectivity index (χ1) is 16.0. The Morgan fingerprint density at radius 2 is 1.74 bits per heavy atom. The number of furan rings is 1. The predicted molar refractivity (Wildman–Crippen MR) is 137 cm³/mol. The first-order valence-electron chi connectivity index (χ1n) is 11.6. The van der Waals surface area contributed by atoms with Gasteiger partial charge in [-0.15, -0.1) is 0 Å². The Morgan fingerprint density at radius 3 is 2.35 bits per heavy atom. The Bertz CT molecular complexity index is 1090. The van der Waals surface area contributed by atoms with Crippen LogP contribution in [0, 0.1) is 0 Å². The average Bonchev–Trinajstić information content (AvgIpc) is 3.24. The van der Waals surface area contributed by atoms with Crippen molar-refractivity contribution >= 4 is 31.2 Å². The van der Waals surface area contributed by atoms with E-state index < -0.39 is 8.32 Å². The molecule has 1 unspecified atom stereocenters. The summed E-state index contributed by atoms with van der Waals surface area (Å²) < 4.78 is 17.0. The molecule has 0 aliphatic carbocycles. The summed E-state index contributed by atoms with van der Waals surface area (Å²) in [5.41, 5.74) is 2.26. The van der Waals surface area contributed by atoms with E-state index in [1.165, 1.54) is 7.11 Å². The molecule has 0 radical (unpaired) electrons. The van der Waals surface area contributed by atoms with Crippen molar-refractivity contribution in [3.63, 3.8) is 0 Å². The van der Waals surface area contributed by atoms with Crippen LogP contribution in [0.1, 0.15) is 44.0 Å². The fraction of sp³-hybridized carbons (Fsp3) is 0.407. The van der Waals surface area contributed by atoms with Gasteiger partial charge in [0.1, 0.15) is 11.3 Å². The van der Waals surface area contributed by atoms with E-state index in [1.807, 2.05) is 42.5 Å². The largest absolute Gasteiger partial charge is 0.469 e. The Balaban J connectivity index is 1.69. The van der Waals surface area contributed by atoms with Crippen LogP contribution in [-0.2, 0) is 14.0 Å². The van der Waals surface area contributed by atoms with E-state index in [9.17, 15) is 9.59 Å².